The number of carbonyl (C=O) groups is 2. The second-order valence-corrected chi connectivity index (χ2v) is 5.15. The molecule has 1 heterocycles. The highest BCUT2D eigenvalue weighted by molar-refractivity contribution is 5.96. The van der Waals surface area contributed by atoms with Gasteiger partial charge in [-0.25, -0.2) is 0 Å². The SMILES string of the molecule is CC(C)CCNC(=O)CC(=O)NCC1CCCO1. The van der Waals surface area contributed by atoms with Crippen molar-refractivity contribution in [2.24, 2.45) is 5.92 Å². The van der Waals surface area contributed by atoms with Crippen molar-refractivity contribution in [3.63, 3.8) is 0 Å². The minimum atomic E-state index is -0.229. The van der Waals surface area contributed by atoms with Crippen molar-refractivity contribution in [1.29, 1.82) is 0 Å². The Morgan fingerprint density at radius 1 is 1.28 bits per heavy atom. The van der Waals surface area contributed by atoms with Crippen molar-refractivity contribution in [2.75, 3.05) is 19.7 Å². The van der Waals surface area contributed by atoms with E-state index in [9.17, 15) is 9.59 Å². The molecule has 1 rings (SSSR count). The van der Waals surface area contributed by atoms with Crippen molar-refractivity contribution >= 4 is 11.8 Å². The monoisotopic (exact) mass is 256 g/mol. The van der Waals surface area contributed by atoms with E-state index in [1.165, 1.54) is 0 Å². The minimum Gasteiger partial charge on any atom is -0.376 e. The zero-order chi connectivity index (χ0) is 13.4. The van der Waals surface area contributed by atoms with Gasteiger partial charge >= 0.3 is 0 Å². The quantitative estimate of drug-likeness (QED) is 0.663. The highest BCUT2D eigenvalue weighted by atomic mass is 16.5. The van der Waals surface area contributed by atoms with Crippen molar-refractivity contribution in [3.8, 4) is 0 Å². The van der Waals surface area contributed by atoms with Gasteiger partial charge in [0.1, 0.15) is 6.42 Å². The summed E-state index contributed by atoms with van der Waals surface area (Å²) in [5, 5.41) is 5.47. The first-order valence-electron chi connectivity index (χ1n) is 6.73. The second-order valence-electron chi connectivity index (χ2n) is 5.15. The highest BCUT2D eigenvalue weighted by Gasteiger charge is 2.17. The summed E-state index contributed by atoms with van der Waals surface area (Å²) in [6, 6.07) is 0. The van der Waals surface area contributed by atoms with Crippen LogP contribution in [0.4, 0.5) is 0 Å². The number of amides is 2. The lowest BCUT2D eigenvalue weighted by molar-refractivity contribution is -0.129. The van der Waals surface area contributed by atoms with Crippen LogP contribution in [0.3, 0.4) is 0 Å². The zero-order valence-electron chi connectivity index (χ0n) is 11.3. The molecule has 1 unspecified atom stereocenters. The summed E-state index contributed by atoms with van der Waals surface area (Å²) in [7, 11) is 0. The van der Waals surface area contributed by atoms with Gasteiger partial charge in [-0.3, -0.25) is 9.59 Å². The molecule has 0 spiro atoms. The lowest BCUT2D eigenvalue weighted by atomic mass is 10.1. The Hall–Kier alpha value is -1.10. The van der Waals surface area contributed by atoms with Gasteiger partial charge in [-0.2, -0.15) is 0 Å². The van der Waals surface area contributed by atoms with Gasteiger partial charge in [-0.05, 0) is 25.2 Å². The topological polar surface area (TPSA) is 67.4 Å². The molecule has 0 bridgehead atoms. The summed E-state index contributed by atoms with van der Waals surface area (Å²) < 4.78 is 5.38. The summed E-state index contributed by atoms with van der Waals surface area (Å²) >= 11 is 0. The van der Waals surface area contributed by atoms with E-state index in [0.29, 0.717) is 19.0 Å². The van der Waals surface area contributed by atoms with E-state index in [1.807, 2.05) is 0 Å². The fraction of sp³-hybridized carbons (Fsp3) is 0.846. The normalized spacial score (nSPS) is 18.9. The van der Waals surface area contributed by atoms with E-state index in [-0.39, 0.29) is 24.3 Å². The van der Waals surface area contributed by atoms with Crippen LogP contribution in [0.5, 0.6) is 0 Å². The zero-order valence-corrected chi connectivity index (χ0v) is 11.3. The third kappa shape index (κ3) is 6.59. The molecule has 104 valence electrons. The Kier molecular flexibility index (Phi) is 6.72. The van der Waals surface area contributed by atoms with Crippen LogP contribution >= 0.6 is 0 Å². The van der Waals surface area contributed by atoms with E-state index in [4.69, 9.17) is 4.74 Å². The van der Waals surface area contributed by atoms with E-state index >= 15 is 0 Å². The molecule has 1 aliphatic rings. The fourth-order valence-corrected chi connectivity index (χ4v) is 1.80. The minimum absolute atomic E-state index is 0.0924. The second kappa shape index (κ2) is 8.08. The number of carbonyl (C=O) groups excluding carboxylic acids is 2. The van der Waals surface area contributed by atoms with E-state index in [0.717, 1.165) is 25.9 Å². The molecule has 0 aromatic rings. The first-order valence-corrected chi connectivity index (χ1v) is 6.73. The van der Waals surface area contributed by atoms with E-state index in [2.05, 4.69) is 24.5 Å². The smallest absolute Gasteiger partial charge is 0.229 e. The van der Waals surface area contributed by atoms with Crippen molar-refractivity contribution < 1.29 is 14.3 Å². The van der Waals surface area contributed by atoms with Gasteiger partial charge in [0.2, 0.25) is 11.8 Å². The summed E-state index contributed by atoms with van der Waals surface area (Å²) in [5.41, 5.74) is 0. The number of ether oxygens (including phenoxy) is 1. The first kappa shape index (κ1) is 15.0. The predicted octanol–water partition coefficient (Wildman–Crippen LogP) is 0.834. The number of rotatable bonds is 7. The Labute approximate surface area is 109 Å². The van der Waals surface area contributed by atoms with Crippen LogP contribution in [-0.2, 0) is 14.3 Å². The summed E-state index contributed by atoms with van der Waals surface area (Å²) in [6.07, 6.45) is 3.00. The standard InChI is InChI=1S/C13H24N2O3/c1-10(2)5-6-14-12(16)8-13(17)15-9-11-4-3-7-18-11/h10-11H,3-9H2,1-2H3,(H,14,16)(H,15,17). The molecule has 2 amide bonds. The maximum absolute atomic E-state index is 11.5. The Balaban J connectivity index is 2.05. The van der Waals surface area contributed by atoms with Crippen molar-refractivity contribution in [1.82, 2.24) is 10.6 Å². The fourth-order valence-electron chi connectivity index (χ4n) is 1.80. The molecule has 0 aromatic heterocycles. The molecular weight excluding hydrogens is 232 g/mol. The predicted molar refractivity (Wildman–Crippen MR) is 69.1 cm³/mol. The maximum Gasteiger partial charge on any atom is 0.229 e. The molecule has 0 radical (unpaired) electrons. The van der Waals surface area contributed by atoms with Crippen LogP contribution in [0.15, 0.2) is 0 Å². The molecule has 1 fully saturated rings. The lowest BCUT2D eigenvalue weighted by Gasteiger charge is -2.11. The molecule has 1 atom stereocenters. The first-order chi connectivity index (χ1) is 8.58. The largest absolute Gasteiger partial charge is 0.376 e. The van der Waals surface area contributed by atoms with Crippen LogP contribution in [0, 0.1) is 5.92 Å². The van der Waals surface area contributed by atoms with Crippen molar-refractivity contribution in [3.05, 3.63) is 0 Å². The number of nitrogens with one attached hydrogen (secondary N) is 2. The van der Waals surface area contributed by atoms with Gasteiger partial charge in [0.15, 0.2) is 0 Å². The molecule has 2 N–H and O–H groups in total. The van der Waals surface area contributed by atoms with Gasteiger partial charge in [0.25, 0.3) is 0 Å². The van der Waals surface area contributed by atoms with Gasteiger partial charge < -0.3 is 15.4 Å². The molecule has 0 aliphatic carbocycles. The molecule has 0 saturated carbocycles. The molecular formula is C13H24N2O3. The lowest BCUT2D eigenvalue weighted by Crippen LogP contribution is -2.36. The number of hydrogen-bond donors (Lipinski definition) is 2. The molecule has 5 heteroatoms. The molecule has 1 aliphatic heterocycles. The molecule has 0 aromatic carbocycles. The summed E-state index contributed by atoms with van der Waals surface area (Å²) in [5.74, 6) is 0.117. The van der Waals surface area contributed by atoms with Gasteiger partial charge in [0.05, 0.1) is 6.10 Å². The Morgan fingerprint density at radius 2 is 2.00 bits per heavy atom. The van der Waals surface area contributed by atoms with Gasteiger partial charge in [-0.1, -0.05) is 13.8 Å². The van der Waals surface area contributed by atoms with E-state index < -0.39 is 0 Å². The third-order valence-electron chi connectivity index (χ3n) is 2.92. The average molecular weight is 256 g/mol. The average Bonchev–Trinajstić information content (AvgIpc) is 2.78. The van der Waals surface area contributed by atoms with Crippen LogP contribution in [0.1, 0.15) is 39.5 Å². The van der Waals surface area contributed by atoms with E-state index in [1.54, 1.807) is 0 Å². The highest BCUT2D eigenvalue weighted by Crippen LogP contribution is 2.10. The van der Waals surface area contributed by atoms with Crippen molar-refractivity contribution in [2.45, 2.75) is 45.6 Å². The van der Waals surface area contributed by atoms with Crippen LogP contribution < -0.4 is 10.6 Å². The maximum atomic E-state index is 11.5. The van der Waals surface area contributed by atoms with Gasteiger partial charge in [-0.15, -0.1) is 0 Å². The molecule has 1 saturated heterocycles. The van der Waals surface area contributed by atoms with Crippen LogP contribution in [0.25, 0.3) is 0 Å². The Morgan fingerprint density at radius 3 is 2.61 bits per heavy atom. The molecule has 5 nitrogen and oxygen atoms in total. The molecule has 18 heavy (non-hydrogen) atoms. The third-order valence-corrected chi connectivity index (χ3v) is 2.92. The number of hydrogen-bond acceptors (Lipinski definition) is 3. The Bertz CT molecular complexity index is 273. The summed E-state index contributed by atoms with van der Waals surface area (Å²) in [6.45, 7) is 6.12. The van der Waals surface area contributed by atoms with Gasteiger partial charge in [0, 0.05) is 19.7 Å². The van der Waals surface area contributed by atoms with Crippen LogP contribution in [-0.4, -0.2) is 37.6 Å². The van der Waals surface area contributed by atoms with Crippen LogP contribution in [0.2, 0.25) is 0 Å². The summed E-state index contributed by atoms with van der Waals surface area (Å²) in [4.78, 5) is 22.9.